The average molecular weight is 539 g/mol. The Hall–Kier alpha value is -3.80. The fourth-order valence-corrected chi connectivity index (χ4v) is 6.47. The normalized spacial score (nSPS) is 23.0. The highest BCUT2D eigenvalue weighted by atomic mass is 16.2. The Labute approximate surface area is 238 Å². The van der Waals surface area contributed by atoms with Crippen LogP contribution < -0.4 is 20.4 Å². The number of anilines is 4. The van der Waals surface area contributed by atoms with Gasteiger partial charge in [-0.1, -0.05) is 0 Å². The molecule has 0 spiro atoms. The monoisotopic (exact) mass is 538 g/mol. The summed E-state index contributed by atoms with van der Waals surface area (Å²) in [5.41, 5.74) is 4.91. The number of nitrogens with one attached hydrogen (secondary N) is 2. The van der Waals surface area contributed by atoms with E-state index in [2.05, 4.69) is 72.4 Å². The summed E-state index contributed by atoms with van der Waals surface area (Å²) in [5, 5.41) is 5.95. The molecule has 0 bridgehead atoms. The number of rotatable bonds is 6. The fraction of sp³-hybridized carbons (Fsp3) is 0.412. The molecular formula is C34H42N4O2. The van der Waals surface area contributed by atoms with Gasteiger partial charge in [0.05, 0.1) is 0 Å². The smallest absolute Gasteiger partial charge is 0.255 e. The maximum Gasteiger partial charge on any atom is 0.255 e. The molecule has 5 rings (SSSR count). The number of hydrogen-bond acceptors (Lipinski definition) is 4. The first-order valence-corrected chi connectivity index (χ1v) is 14.8. The molecular weight excluding hydrogens is 496 g/mol. The summed E-state index contributed by atoms with van der Waals surface area (Å²) in [6.45, 7) is 9.12. The second-order valence-electron chi connectivity index (χ2n) is 11.7. The highest BCUT2D eigenvalue weighted by Gasteiger charge is 2.26. The lowest BCUT2D eigenvalue weighted by Gasteiger charge is -2.41. The van der Waals surface area contributed by atoms with Crippen LogP contribution in [-0.4, -0.2) is 36.0 Å². The molecule has 0 aromatic heterocycles. The van der Waals surface area contributed by atoms with Gasteiger partial charge in [0.25, 0.3) is 11.8 Å². The SMILES string of the molecule is CC1CCCC(C)N1c1ccc(NC(=O)c2ccc(C(=O)Nc3ccc(N4C(C)CCCC4C)cc3)cc2)cc1. The average Bonchev–Trinajstić information content (AvgIpc) is 2.95. The van der Waals surface area contributed by atoms with Crippen LogP contribution in [0.5, 0.6) is 0 Å². The molecule has 3 aromatic carbocycles. The predicted molar refractivity (Wildman–Crippen MR) is 166 cm³/mol. The second-order valence-corrected chi connectivity index (χ2v) is 11.7. The lowest BCUT2D eigenvalue weighted by Crippen LogP contribution is -2.43. The van der Waals surface area contributed by atoms with Gasteiger partial charge in [-0.15, -0.1) is 0 Å². The van der Waals surface area contributed by atoms with E-state index in [0.29, 0.717) is 35.3 Å². The number of carbonyl (C=O) groups excluding carboxylic acids is 2. The van der Waals surface area contributed by atoms with Gasteiger partial charge in [-0.05, 0) is 139 Å². The van der Waals surface area contributed by atoms with Gasteiger partial charge in [-0.2, -0.15) is 0 Å². The minimum Gasteiger partial charge on any atom is -0.366 e. The van der Waals surface area contributed by atoms with Crippen molar-refractivity contribution in [1.82, 2.24) is 0 Å². The molecule has 2 aliphatic heterocycles. The first-order valence-electron chi connectivity index (χ1n) is 14.8. The van der Waals surface area contributed by atoms with Gasteiger partial charge in [0.15, 0.2) is 0 Å². The number of nitrogens with zero attached hydrogens (tertiary/aromatic N) is 2. The van der Waals surface area contributed by atoms with Crippen molar-refractivity contribution in [3.8, 4) is 0 Å². The van der Waals surface area contributed by atoms with Crippen LogP contribution in [0.2, 0.25) is 0 Å². The molecule has 6 nitrogen and oxygen atoms in total. The molecule has 6 heteroatoms. The van der Waals surface area contributed by atoms with Crippen molar-refractivity contribution in [3.63, 3.8) is 0 Å². The van der Waals surface area contributed by atoms with Crippen molar-refractivity contribution in [2.24, 2.45) is 0 Å². The number of carbonyl (C=O) groups is 2. The van der Waals surface area contributed by atoms with E-state index in [9.17, 15) is 9.59 Å². The molecule has 2 N–H and O–H groups in total. The maximum absolute atomic E-state index is 12.9. The van der Waals surface area contributed by atoms with Gasteiger partial charge in [0.1, 0.15) is 0 Å². The first kappa shape index (κ1) is 27.8. The molecule has 2 amide bonds. The van der Waals surface area contributed by atoms with Crippen LogP contribution in [0, 0.1) is 0 Å². The highest BCUT2D eigenvalue weighted by molar-refractivity contribution is 6.07. The zero-order chi connectivity index (χ0) is 28.2. The van der Waals surface area contributed by atoms with E-state index in [0.717, 1.165) is 11.4 Å². The van der Waals surface area contributed by atoms with Gasteiger partial charge < -0.3 is 20.4 Å². The molecule has 0 radical (unpaired) electrons. The molecule has 2 fully saturated rings. The lowest BCUT2D eigenvalue weighted by molar-refractivity contribution is 0.101. The fourth-order valence-electron chi connectivity index (χ4n) is 6.47. The summed E-state index contributed by atoms with van der Waals surface area (Å²) in [5.74, 6) is -0.396. The van der Waals surface area contributed by atoms with Crippen LogP contribution in [0.25, 0.3) is 0 Å². The molecule has 2 aliphatic rings. The van der Waals surface area contributed by atoms with Crippen molar-refractivity contribution >= 4 is 34.6 Å². The Bertz CT molecular complexity index is 1180. The molecule has 0 saturated carbocycles. The van der Waals surface area contributed by atoms with E-state index in [1.165, 1.54) is 49.9 Å². The Morgan fingerprint density at radius 2 is 0.825 bits per heavy atom. The zero-order valence-corrected chi connectivity index (χ0v) is 24.2. The molecule has 2 heterocycles. The Balaban J connectivity index is 1.17. The van der Waals surface area contributed by atoms with Crippen molar-refractivity contribution in [2.45, 2.75) is 90.4 Å². The largest absolute Gasteiger partial charge is 0.366 e. The van der Waals surface area contributed by atoms with E-state index in [1.807, 2.05) is 24.3 Å². The van der Waals surface area contributed by atoms with E-state index in [-0.39, 0.29) is 11.8 Å². The number of amides is 2. The van der Waals surface area contributed by atoms with Crippen LogP contribution in [0.15, 0.2) is 72.8 Å². The van der Waals surface area contributed by atoms with Gasteiger partial charge >= 0.3 is 0 Å². The van der Waals surface area contributed by atoms with Crippen molar-refractivity contribution < 1.29 is 9.59 Å². The maximum atomic E-state index is 12.9. The van der Waals surface area contributed by atoms with E-state index >= 15 is 0 Å². The summed E-state index contributed by atoms with van der Waals surface area (Å²) in [7, 11) is 0. The summed E-state index contributed by atoms with van der Waals surface area (Å²) >= 11 is 0. The number of hydrogen-bond donors (Lipinski definition) is 2. The molecule has 2 saturated heterocycles. The van der Waals surface area contributed by atoms with Gasteiger partial charge in [0, 0.05) is 58.0 Å². The molecule has 0 aliphatic carbocycles. The van der Waals surface area contributed by atoms with Gasteiger partial charge in [-0.3, -0.25) is 9.59 Å². The number of piperidine rings is 2. The molecule has 210 valence electrons. The Morgan fingerprint density at radius 1 is 0.525 bits per heavy atom. The number of benzene rings is 3. The van der Waals surface area contributed by atoms with E-state index < -0.39 is 0 Å². The topological polar surface area (TPSA) is 64.7 Å². The Morgan fingerprint density at radius 3 is 1.12 bits per heavy atom. The van der Waals surface area contributed by atoms with Crippen molar-refractivity contribution in [1.29, 1.82) is 0 Å². The first-order chi connectivity index (χ1) is 19.3. The molecule has 4 unspecified atom stereocenters. The van der Waals surface area contributed by atoms with Gasteiger partial charge in [-0.25, -0.2) is 0 Å². The van der Waals surface area contributed by atoms with E-state index in [4.69, 9.17) is 0 Å². The van der Waals surface area contributed by atoms with Crippen LogP contribution in [0.3, 0.4) is 0 Å². The van der Waals surface area contributed by atoms with Crippen molar-refractivity contribution in [2.75, 3.05) is 20.4 Å². The standard InChI is InChI=1S/C34H42N4O2/c1-23-7-5-8-24(2)37(23)31-19-15-29(16-20-31)35-33(39)27-11-13-28(14-12-27)34(40)36-30-17-21-32(22-18-30)38-25(3)9-6-10-26(38)4/h11-26H,5-10H2,1-4H3,(H,35,39)(H,36,40). The molecule has 3 aromatic rings. The third kappa shape index (κ3) is 6.16. The summed E-state index contributed by atoms with van der Waals surface area (Å²) in [6, 6.07) is 25.0. The van der Waals surface area contributed by atoms with Crippen LogP contribution in [-0.2, 0) is 0 Å². The quantitative estimate of drug-likeness (QED) is 0.337. The van der Waals surface area contributed by atoms with Crippen LogP contribution in [0.4, 0.5) is 22.7 Å². The van der Waals surface area contributed by atoms with E-state index in [1.54, 1.807) is 24.3 Å². The highest BCUT2D eigenvalue weighted by Crippen LogP contribution is 2.31. The minimum atomic E-state index is -0.198. The van der Waals surface area contributed by atoms with Crippen LogP contribution >= 0.6 is 0 Å². The molecule has 4 atom stereocenters. The summed E-state index contributed by atoms with van der Waals surface area (Å²) in [4.78, 5) is 30.7. The Kier molecular flexibility index (Phi) is 8.43. The minimum absolute atomic E-state index is 0.198. The van der Waals surface area contributed by atoms with Gasteiger partial charge in [0.2, 0.25) is 0 Å². The second kappa shape index (κ2) is 12.2. The lowest BCUT2D eigenvalue weighted by atomic mass is 9.96. The van der Waals surface area contributed by atoms with Crippen molar-refractivity contribution in [3.05, 3.63) is 83.9 Å². The predicted octanol–water partition coefficient (Wildman–Crippen LogP) is 7.73. The summed E-state index contributed by atoms with van der Waals surface area (Å²) in [6.07, 6.45) is 7.39. The zero-order valence-electron chi connectivity index (χ0n) is 24.2. The van der Waals surface area contributed by atoms with Crippen LogP contribution in [0.1, 0.15) is 86.9 Å². The summed E-state index contributed by atoms with van der Waals surface area (Å²) < 4.78 is 0. The third-order valence-corrected chi connectivity index (χ3v) is 8.64. The molecule has 40 heavy (non-hydrogen) atoms. The third-order valence-electron chi connectivity index (χ3n) is 8.64.